The second-order valence-corrected chi connectivity index (χ2v) is 6.80. The molecular formula is C15H26N4O2S. The first-order valence-corrected chi connectivity index (χ1v) is 8.80. The molecule has 1 aromatic rings. The van der Waals surface area contributed by atoms with Gasteiger partial charge in [-0.05, 0) is 30.3 Å². The molecule has 124 valence electrons. The number of aryl methyl sites for hydroxylation is 1. The Morgan fingerprint density at radius 1 is 1.41 bits per heavy atom. The molecule has 0 aromatic carbocycles. The maximum atomic E-state index is 12.3. The minimum atomic E-state index is -0.0473. The van der Waals surface area contributed by atoms with E-state index in [4.69, 9.17) is 4.74 Å². The van der Waals surface area contributed by atoms with Crippen molar-refractivity contribution in [1.82, 2.24) is 19.8 Å². The fraction of sp³-hybridized carbons (Fsp3) is 0.800. The van der Waals surface area contributed by atoms with E-state index in [9.17, 15) is 4.79 Å². The number of carbonyl (C=O) groups is 1. The predicted molar refractivity (Wildman–Crippen MR) is 87.3 cm³/mol. The highest BCUT2D eigenvalue weighted by molar-refractivity contribution is 7.08. The summed E-state index contributed by atoms with van der Waals surface area (Å²) in [6.45, 7) is 10.5. The van der Waals surface area contributed by atoms with Crippen LogP contribution < -0.4 is 5.32 Å². The smallest absolute Gasteiger partial charge is 0.265 e. The normalized spacial score (nSPS) is 17.6. The van der Waals surface area contributed by atoms with Crippen molar-refractivity contribution in [3.8, 4) is 0 Å². The molecule has 7 heteroatoms. The Labute approximate surface area is 136 Å². The molecule has 1 fully saturated rings. The van der Waals surface area contributed by atoms with Crippen LogP contribution in [0.1, 0.15) is 42.6 Å². The van der Waals surface area contributed by atoms with Crippen molar-refractivity contribution in [2.75, 3.05) is 32.8 Å². The van der Waals surface area contributed by atoms with Crippen molar-refractivity contribution in [2.24, 2.45) is 5.92 Å². The average Bonchev–Trinajstić information content (AvgIpc) is 3.00. The Balaban J connectivity index is 1.93. The second kappa shape index (κ2) is 8.55. The minimum Gasteiger partial charge on any atom is -0.379 e. The van der Waals surface area contributed by atoms with E-state index in [0.717, 1.165) is 44.8 Å². The molecule has 1 saturated heterocycles. The van der Waals surface area contributed by atoms with Gasteiger partial charge >= 0.3 is 0 Å². The second-order valence-electron chi connectivity index (χ2n) is 6.04. The summed E-state index contributed by atoms with van der Waals surface area (Å²) >= 11 is 1.18. The van der Waals surface area contributed by atoms with Gasteiger partial charge in [0, 0.05) is 25.7 Å². The lowest BCUT2D eigenvalue weighted by molar-refractivity contribution is 0.0125. The Hall–Kier alpha value is -1.05. The third kappa shape index (κ3) is 4.72. The summed E-state index contributed by atoms with van der Waals surface area (Å²) in [4.78, 5) is 15.4. The van der Waals surface area contributed by atoms with E-state index in [1.807, 2.05) is 6.92 Å². The lowest BCUT2D eigenvalue weighted by Crippen LogP contribution is -2.49. The Morgan fingerprint density at radius 3 is 2.77 bits per heavy atom. The number of hydrogen-bond acceptors (Lipinski definition) is 6. The monoisotopic (exact) mass is 326 g/mol. The van der Waals surface area contributed by atoms with Crippen molar-refractivity contribution < 1.29 is 9.53 Å². The number of amides is 1. The zero-order valence-electron chi connectivity index (χ0n) is 13.7. The molecule has 6 nitrogen and oxygen atoms in total. The molecule has 0 spiro atoms. The highest BCUT2D eigenvalue weighted by Gasteiger charge is 2.23. The molecule has 0 bridgehead atoms. The van der Waals surface area contributed by atoms with Gasteiger partial charge in [0.05, 0.1) is 18.9 Å². The molecule has 1 amide bonds. The third-order valence-corrected chi connectivity index (χ3v) is 4.67. The van der Waals surface area contributed by atoms with Gasteiger partial charge in [-0.2, -0.15) is 0 Å². The maximum Gasteiger partial charge on any atom is 0.265 e. The molecule has 1 unspecified atom stereocenters. The predicted octanol–water partition coefficient (Wildman–Crippen LogP) is 1.58. The first-order chi connectivity index (χ1) is 10.6. The number of ether oxygens (including phenoxy) is 1. The van der Waals surface area contributed by atoms with Gasteiger partial charge in [-0.1, -0.05) is 25.3 Å². The Bertz CT molecular complexity index is 472. The van der Waals surface area contributed by atoms with Crippen molar-refractivity contribution in [3.63, 3.8) is 0 Å². The van der Waals surface area contributed by atoms with Gasteiger partial charge < -0.3 is 10.1 Å². The Morgan fingerprint density at radius 2 is 2.14 bits per heavy atom. The lowest BCUT2D eigenvalue weighted by Gasteiger charge is -2.35. The van der Waals surface area contributed by atoms with Crippen LogP contribution in [0.2, 0.25) is 0 Å². The first-order valence-electron chi connectivity index (χ1n) is 8.03. The van der Waals surface area contributed by atoms with E-state index in [1.165, 1.54) is 11.5 Å². The quantitative estimate of drug-likeness (QED) is 0.824. The molecule has 0 radical (unpaired) electrons. The highest BCUT2D eigenvalue weighted by Crippen LogP contribution is 2.14. The van der Waals surface area contributed by atoms with Crippen molar-refractivity contribution in [1.29, 1.82) is 0 Å². The van der Waals surface area contributed by atoms with Crippen molar-refractivity contribution in [2.45, 2.75) is 39.7 Å². The van der Waals surface area contributed by atoms with Gasteiger partial charge in [-0.15, -0.1) is 5.10 Å². The summed E-state index contributed by atoms with van der Waals surface area (Å²) in [6.07, 6.45) is 1.81. The largest absolute Gasteiger partial charge is 0.379 e. The first kappa shape index (κ1) is 17.3. The topological polar surface area (TPSA) is 67.4 Å². The SMILES string of the molecule is CCc1nnsc1C(=O)NCC(CC(C)C)N1CCOCC1. The van der Waals surface area contributed by atoms with Gasteiger partial charge in [-0.3, -0.25) is 9.69 Å². The molecule has 1 aromatic heterocycles. The molecule has 2 rings (SSSR count). The van der Waals surface area contributed by atoms with E-state index >= 15 is 0 Å². The molecule has 2 heterocycles. The van der Waals surface area contributed by atoms with Crippen LogP contribution in [0.25, 0.3) is 0 Å². The van der Waals surface area contributed by atoms with Crippen LogP contribution in [0, 0.1) is 5.92 Å². The molecule has 1 atom stereocenters. The van der Waals surface area contributed by atoms with Gasteiger partial charge in [0.1, 0.15) is 4.88 Å². The number of nitrogens with one attached hydrogen (secondary N) is 1. The summed E-state index contributed by atoms with van der Waals surface area (Å²) in [7, 11) is 0. The third-order valence-electron chi connectivity index (χ3n) is 3.90. The molecule has 1 aliphatic rings. The molecule has 0 aliphatic carbocycles. The van der Waals surface area contributed by atoms with Gasteiger partial charge in [0.25, 0.3) is 5.91 Å². The van der Waals surface area contributed by atoms with Crippen molar-refractivity contribution in [3.05, 3.63) is 10.6 Å². The average molecular weight is 326 g/mol. The highest BCUT2D eigenvalue weighted by atomic mass is 32.1. The van der Waals surface area contributed by atoms with Crippen LogP contribution in [0.3, 0.4) is 0 Å². The summed E-state index contributed by atoms with van der Waals surface area (Å²) in [6, 6.07) is 0.360. The zero-order chi connectivity index (χ0) is 15.9. The lowest BCUT2D eigenvalue weighted by atomic mass is 10.0. The molecule has 0 saturated carbocycles. The van der Waals surface area contributed by atoms with Gasteiger partial charge in [0.15, 0.2) is 0 Å². The van der Waals surface area contributed by atoms with Crippen LogP contribution in [-0.2, 0) is 11.2 Å². The zero-order valence-corrected chi connectivity index (χ0v) is 14.5. The summed E-state index contributed by atoms with van der Waals surface area (Å²) in [5.41, 5.74) is 0.786. The standard InChI is InChI=1S/C15H26N4O2S/c1-4-13-14(22-18-17-13)15(20)16-10-12(9-11(2)3)19-5-7-21-8-6-19/h11-12H,4-10H2,1-3H3,(H,16,20). The van der Waals surface area contributed by atoms with Crippen LogP contribution in [0.4, 0.5) is 0 Å². The van der Waals surface area contributed by atoms with Crippen LogP contribution in [0.15, 0.2) is 0 Å². The summed E-state index contributed by atoms with van der Waals surface area (Å²) < 4.78 is 9.31. The minimum absolute atomic E-state index is 0.0473. The fourth-order valence-corrected chi connectivity index (χ4v) is 3.42. The van der Waals surface area contributed by atoms with Crippen LogP contribution in [0.5, 0.6) is 0 Å². The molecular weight excluding hydrogens is 300 g/mol. The number of rotatable bonds is 7. The number of carbonyl (C=O) groups excluding carboxylic acids is 1. The van der Waals surface area contributed by atoms with E-state index in [-0.39, 0.29) is 5.91 Å². The Kier molecular flexibility index (Phi) is 6.72. The molecule has 1 N–H and O–H groups in total. The number of aromatic nitrogens is 2. The van der Waals surface area contributed by atoms with E-state index in [2.05, 4.69) is 33.7 Å². The maximum absolute atomic E-state index is 12.3. The summed E-state index contributed by atoms with van der Waals surface area (Å²) in [5.74, 6) is 0.551. The van der Waals surface area contributed by atoms with E-state index in [1.54, 1.807) is 0 Å². The molecule has 1 aliphatic heterocycles. The number of nitrogens with zero attached hydrogens (tertiary/aromatic N) is 3. The van der Waals surface area contributed by atoms with Gasteiger partial charge in [0.2, 0.25) is 0 Å². The fourth-order valence-electron chi connectivity index (χ4n) is 2.75. The summed E-state index contributed by atoms with van der Waals surface area (Å²) in [5, 5.41) is 7.07. The number of hydrogen-bond donors (Lipinski definition) is 1. The molecule has 22 heavy (non-hydrogen) atoms. The van der Waals surface area contributed by atoms with E-state index < -0.39 is 0 Å². The van der Waals surface area contributed by atoms with E-state index in [0.29, 0.717) is 23.4 Å². The number of morpholine rings is 1. The van der Waals surface area contributed by atoms with Crippen LogP contribution >= 0.6 is 11.5 Å². The van der Waals surface area contributed by atoms with Crippen LogP contribution in [-0.4, -0.2) is 59.3 Å². The van der Waals surface area contributed by atoms with Gasteiger partial charge in [-0.25, -0.2) is 0 Å². The van der Waals surface area contributed by atoms with Crippen molar-refractivity contribution >= 4 is 17.4 Å².